The molecule has 0 aliphatic carbocycles. The number of carbonyl (C=O) groups excluding carboxylic acids is 1. The number of hydrogen-bond donors (Lipinski definition) is 1. The van der Waals surface area contributed by atoms with Gasteiger partial charge in [0.2, 0.25) is 5.88 Å². The number of aryl methyl sites for hydroxylation is 1. The van der Waals surface area contributed by atoms with Crippen LogP contribution in [0.1, 0.15) is 21.6 Å². The fourth-order valence-electron chi connectivity index (χ4n) is 1.44. The summed E-state index contributed by atoms with van der Waals surface area (Å²) < 4.78 is 0. The van der Waals surface area contributed by atoms with Crippen LogP contribution < -0.4 is 0 Å². The lowest BCUT2D eigenvalue weighted by molar-refractivity contribution is 0.103. The van der Waals surface area contributed by atoms with Crippen molar-refractivity contribution >= 4 is 17.4 Å². The molecule has 0 amide bonds. The topological polar surface area (TPSA) is 63.1 Å². The summed E-state index contributed by atoms with van der Waals surface area (Å²) in [5.74, 6) is -0.758. The molecule has 5 heteroatoms. The average Bonchev–Trinajstić information content (AvgIpc) is 2.32. The van der Waals surface area contributed by atoms with Crippen LogP contribution in [-0.2, 0) is 0 Å². The van der Waals surface area contributed by atoms with Crippen LogP contribution in [0.15, 0.2) is 30.3 Å². The fourth-order valence-corrected chi connectivity index (χ4v) is 1.66. The zero-order valence-electron chi connectivity index (χ0n) is 9.01. The molecule has 0 saturated carbocycles. The normalized spacial score (nSPS) is 10.2. The smallest absolute Gasteiger partial charge is 0.242 e. The minimum atomic E-state index is -0.388. The van der Waals surface area contributed by atoms with E-state index in [4.69, 9.17) is 11.6 Å². The van der Waals surface area contributed by atoms with Crippen LogP contribution in [0.4, 0.5) is 0 Å². The Bertz CT molecular complexity index is 584. The van der Waals surface area contributed by atoms with Gasteiger partial charge in [-0.05, 0) is 25.1 Å². The standard InChI is InChI=1S/C12H9ClN2O2/c1-7-6-9(12(17)15-14-7)11(16)8-4-2-3-5-10(8)13/h2-6H,1H3,(H,15,17). The van der Waals surface area contributed by atoms with Gasteiger partial charge in [0.25, 0.3) is 0 Å². The SMILES string of the molecule is Cc1cc(C(=O)c2ccccc2Cl)c(O)nn1. The fraction of sp³-hybridized carbons (Fsp3) is 0.0833. The molecule has 0 aliphatic rings. The van der Waals surface area contributed by atoms with Crippen molar-refractivity contribution in [3.05, 3.63) is 52.2 Å². The van der Waals surface area contributed by atoms with Crippen molar-refractivity contribution in [3.8, 4) is 5.88 Å². The number of benzene rings is 1. The first-order valence-electron chi connectivity index (χ1n) is 4.92. The molecule has 0 saturated heterocycles. The quantitative estimate of drug-likeness (QED) is 0.829. The highest BCUT2D eigenvalue weighted by Crippen LogP contribution is 2.22. The molecule has 0 fully saturated rings. The van der Waals surface area contributed by atoms with Crippen molar-refractivity contribution in [1.29, 1.82) is 0 Å². The van der Waals surface area contributed by atoms with Gasteiger partial charge in [0, 0.05) is 5.56 Å². The van der Waals surface area contributed by atoms with Crippen molar-refractivity contribution in [3.63, 3.8) is 0 Å². The maximum atomic E-state index is 12.1. The number of ketones is 1. The van der Waals surface area contributed by atoms with Gasteiger partial charge in [0.1, 0.15) is 0 Å². The number of nitrogens with zero attached hydrogens (tertiary/aromatic N) is 2. The first kappa shape index (κ1) is 11.5. The summed E-state index contributed by atoms with van der Waals surface area (Å²) in [4.78, 5) is 12.1. The average molecular weight is 249 g/mol. The zero-order valence-corrected chi connectivity index (χ0v) is 9.77. The minimum Gasteiger partial charge on any atom is -0.492 e. The van der Waals surface area contributed by atoms with E-state index in [0.29, 0.717) is 16.3 Å². The predicted molar refractivity (Wildman–Crippen MR) is 63.3 cm³/mol. The zero-order chi connectivity index (χ0) is 12.4. The Morgan fingerprint density at radius 1 is 1.24 bits per heavy atom. The molecule has 2 aromatic rings. The summed E-state index contributed by atoms with van der Waals surface area (Å²) in [6.45, 7) is 1.69. The molecule has 0 aliphatic heterocycles. The summed E-state index contributed by atoms with van der Waals surface area (Å²) in [5, 5.41) is 17.0. The van der Waals surface area contributed by atoms with E-state index in [-0.39, 0.29) is 17.2 Å². The van der Waals surface area contributed by atoms with E-state index in [2.05, 4.69) is 10.2 Å². The minimum absolute atomic E-state index is 0.102. The van der Waals surface area contributed by atoms with Crippen molar-refractivity contribution in [1.82, 2.24) is 10.2 Å². The Kier molecular flexibility index (Phi) is 3.06. The number of aromatic hydroxyl groups is 1. The van der Waals surface area contributed by atoms with Crippen LogP contribution >= 0.6 is 11.6 Å². The molecule has 1 aromatic carbocycles. The Balaban J connectivity index is 2.51. The Morgan fingerprint density at radius 2 is 1.94 bits per heavy atom. The highest BCUT2D eigenvalue weighted by Gasteiger charge is 2.17. The van der Waals surface area contributed by atoms with E-state index in [1.807, 2.05) is 0 Å². The largest absolute Gasteiger partial charge is 0.492 e. The van der Waals surface area contributed by atoms with Gasteiger partial charge in [-0.3, -0.25) is 4.79 Å². The van der Waals surface area contributed by atoms with Crippen LogP contribution in [0, 0.1) is 6.92 Å². The van der Waals surface area contributed by atoms with Gasteiger partial charge < -0.3 is 5.11 Å². The second-order valence-electron chi connectivity index (χ2n) is 3.53. The Morgan fingerprint density at radius 3 is 2.65 bits per heavy atom. The lowest BCUT2D eigenvalue weighted by Crippen LogP contribution is -2.05. The lowest BCUT2D eigenvalue weighted by Gasteiger charge is -2.04. The molecule has 0 bridgehead atoms. The number of hydrogen-bond acceptors (Lipinski definition) is 4. The Hall–Kier alpha value is -1.94. The maximum absolute atomic E-state index is 12.1. The Labute approximate surface area is 103 Å². The van der Waals surface area contributed by atoms with Gasteiger partial charge in [0.15, 0.2) is 5.78 Å². The molecule has 0 radical (unpaired) electrons. The highest BCUT2D eigenvalue weighted by molar-refractivity contribution is 6.35. The van der Waals surface area contributed by atoms with Gasteiger partial charge in [-0.15, -0.1) is 5.10 Å². The maximum Gasteiger partial charge on any atom is 0.242 e. The molecule has 1 aromatic heterocycles. The number of rotatable bonds is 2. The van der Waals surface area contributed by atoms with Crippen LogP contribution in [0.2, 0.25) is 5.02 Å². The van der Waals surface area contributed by atoms with E-state index in [1.54, 1.807) is 31.2 Å². The van der Waals surface area contributed by atoms with Crippen molar-refractivity contribution < 1.29 is 9.90 Å². The van der Waals surface area contributed by atoms with Crippen LogP contribution in [0.3, 0.4) is 0 Å². The van der Waals surface area contributed by atoms with Crippen LogP contribution in [0.25, 0.3) is 0 Å². The second kappa shape index (κ2) is 4.51. The van der Waals surface area contributed by atoms with Crippen molar-refractivity contribution in [2.75, 3.05) is 0 Å². The molecule has 0 unspecified atom stereocenters. The molecule has 1 heterocycles. The van der Waals surface area contributed by atoms with Gasteiger partial charge in [-0.2, -0.15) is 5.10 Å². The van der Waals surface area contributed by atoms with Gasteiger partial charge in [-0.25, -0.2) is 0 Å². The van der Waals surface area contributed by atoms with Gasteiger partial charge >= 0.3 is 0 Å². The first-order chi connectivity index (χ1) is 8.09. The molecule has 17 heavy (non-hydrogen) atoms. The van der Waals surface area contributed by atoms with E-state index < -0.39 is 0 Å². The molecule has 0 atom stereocenters. The highest BCUT2D eigenvalue weighted by atomic mass is 35.5. The van der Waals surface area contributed by atoms with Crippen molar-refractivity contribution in [2.45, 2.75) is 6.92 Å². The van der Waals surface area contributed by atoms with Gasteiger partial charge in [-0.1, -0.05) is 23.7 Å². The molecule has 1 N–H and O–H groups in total. The predicted octanol–water partition coefficient (Wildman–Crippen LogP) is 2.38. The third-order valence-corrected chi connectivity index (χ3v) is 2.59. The third kappa shape index (κ3) is 2.26. The van der Waals surface area contributed by atoms with Crippen molar-refractivity contribution in [2.24, 2.45) is 0 Å². The van der Waals surface area contributed by atoms with Crippen LogP contribution in [0.5, 0.6) is 5.88 Å². The van der Waals surface area contributed by atoms with E-state index in [9.17, 15) is 9.90 Å². The first-order valence-corrected chi connectivity index (χ1v) is 5.30. The number of halogens is 1. The monoisotopic (exact) mass is 248 g/mol. The lowest BCUT2D eigenvalue weighted by atomic mass is 10.0. The summed E-state index contributed by atoms with van der Waals surface area (Å²) in [7, 11) is 0. The van der Waals surface area contributed by atoms with E-state index >= 15 is 0 Å². The summed E-state index contributed by atoms with van der Waals surface area (Å²) in [6.07, 6.45) is 0. The molecule has 2 rings (SSSR count). The molecular formula is C12H9ClN2O2. The third-order valence-electron chi connectivity index (χ3n) is 2.26. The summed E-state index contributed by atoms with van der Waals surface area (Å²) in [5.41, 5.74) is 0.987. The van der Waals surface area contributed by atoms with E-state index in [0.717, 1.165) is 0 Å². The summed E-state index contributed by atoms with van der Waals surface area (Å²) in [6, 6.07) is 8.13. The number of aromatic nitrogens is 2. The second-order valence-corrected chi connectivity index (χ2v) is 3.94. The number of carbonyl (C=O) groups is 1. The van der Waals surface area contributed by atoms with Gasteiger partial charge in [0.05, 0.1) is 16.3 Å². The molecule has 0 spiro atoms. The summed E-state index contributed by atoms with van der Waals surface area (Å²) >= 11 is 5.92. The van der Waals surface area contributed by atoms with Crippen LogP contribution in [-0.4, -0.2) is 21.1 Å². The molecular weight excluding hydrogens is 240 g/mol. The molecule has 86 valence electrons. The van der Waals surface area contributed by atoms with E-state index in [1.165, 1.54) is 6.07 Å². The molecule has 4 nitrogen and oxygen atoms in total.